The number of aromatic nitrogens is 3. The Morgan fingerprint density at radius 1 is 1.00 bits per heavy atom. The van der Waals surface area contributed by atoms with Gasteiger partial charge in [0.2, 0.25) is 5.82 Å². The summed E-state index contributed by atoms with van der Waals surface area (Å²) in [6.07, 6.45) is 3.32. The first-order valence-electron chi connectivity index (χ1n) is 8.53. The van der Waals surface area contributed by atoms with Gasteiger partial charge >= 0.3 is 0 Å². The third-order valence-corrected chi connectivity index (χ3v) is 4.12. The molecule has 2 aromatic carbocycles. The van der Waals surface area contributed by atoms with Crippen LogP contribution in [0.25, 0.3) is 22.8 Å². The van der Waals surface area contributed by atoms with Crippen LogP contribution in [0.1, 0.15) is 10.4 Å². The average molecular weight is 372 g/mol. The van der Waals surface area contributed by atoms with Crippen LogP contribution in [0.15, 0.2) is 77.6 Å². The van der Waals surface area contributed by atoms with Gasteiger partial charge < -0.3 is 14.6 Å². The molecule has 7 nitrogen and oxygen atoms in total. The van der Waals surface area contributed by atoms with E-state index in [0.717, 1.165) is 5.56 Å². The Balaban J connectivity index is 1.60. The molecule has 0 spiro atoms. The SMILES string of the molecule is COc1ccc(C(=O)Nc2ccccc2-c2nc(-c3ccncc3)no2)cc1. The molecule has 28 heavy (non-hydrogen) atoms. The summed E-state index contributed by atoms with van der Waals surface area (Å²) in [6, 6.07) is 17.7. The van der Waals surface area contributed by atoms with Gasteiger partial charge in [0.25, 0.3) is 11.8 Å². The molecule has 2 aromatic heterocycles. The zero-order valence-electron chi connectivity index (χ0n) is 15.0. The molecule has 2 heterocycles. The maximum absolute atomic E-state index is 12.6. The standard InChI is InChI=1S/C21H16N4O3/c1-27-16-8-6-15(7-9-16)20(26)23-18-5-3-2-4-17(18)21-24-19(25-28-21)14-10-12-22-13-11-14/h2-13H,1H3,(H,23,26). The number of para-hydroxylation sites is 1. The van der Waals surface area contributed by atoms with Crippen molar-refractivity contribution in [1.82, 2.24) is 15.1 Å². The van der Waals surface area contributed by atoms with E-state index in [1.54, 1.807) is 62.0 Å². The number of hydrogen-bond donors (Lipinski definition) is 1. The number of pyridine rings is 1. The highest BCUT2D eigenvalue weighted by atomic mass is 16.5. The van der Waals surface area contributed by atoms with Crippen LogP contribution in [0.4, 0.5) is 5.69 Å². The van der Waals surface area contributed by atoms with Gasteiger partial charge in [0.15, 0.2) is 0 Å². The Bertz CT molecular complexity index is 1090. The first-order valence-corrected chi connectivity index (χ1v) is 8.53. The quantitative estimate of drug-likeness (QED) is 0.568. The molecule has 1 amide bonds. The van der Waals surface area contributed by atoms with Crippen molar-refractivity contribution in [2.45, 2.75) is 0 Å². The van der Waals surface area contributed by atoms with Gasteiger partial charge in [0, 0.05) is 23.5 Å². The molecule has 4 aromatic rings. The Hall–Kier alpha value is -4.00. The van der Waals surface area contributed by atoms with E-state index in [1.165, 1.54) is 0 Å². The fourth-order valence-electron chi connectivity index (χ4n) is 2.67. The van der Waals surface area contributed by atoms with Gasteiger partial charge in [-0.05, 0) is 48.5 Å². The molecule has 0 aliphatic heterocycles. The first-order chi connectivity index (χ1) is 13.7. The number of nitrogens with zero attached hydrogens (tertiary/aromatic N) is 3. The summed E-state index contributed by atoms with van der Waals surface area (Å²) in [6.45, 7) is 0. The summed E-state index contributed by atoms with van der Waals surface area (Å²) < 4.78 is 10.5. The van der Waals surface area contributed by atoms with E-state index in [2.05, 4.69) is 20.4 Å². The number of methoxy groups -OCH3 is 1. The molecule has 7 heteroatoms. The minimum atomic E-state index is -0.246. The van der Waals surface area contributed by atoms with E-state index in [1.807, 2.05) is 18.2 Å². The second kappa shape index (κ2) is 7.71. The van der Waals surface area contributed by atoms with Gasteiger partial charge in [0.1, 0.15) is 5.75 Å². The molecule has 0 saturated carbocycles. The number of rotatable bonds is 5. The largest absolute Gasteiger partial charge is 0.497 e. The topological polar surface area (TPSA) is 90.1 Å². The predicted molar refractivity (Wildman–Crippen MR) is 104 cm³/mol. The first kappa shape index (κ1) is 17.4. The van der Waals surface area contributed by atoms with Gasteiger partial charge in [-0.1, -0.05) is 17.3 Å². The van der Waals surface area contributed by atoms with Crippen LogP contribution in [0.3, 0.4) is 0 Å². The molecule has 138 valence electrons. The van der Waals surface area contributed by atoms with Crippen LogP contribution in [0.5, 0.6) is 5.75 Å². The number of ether oxygens (including phenoxy) is 1. The highest BCUT2D eigenvalue weighted by molar-refractivity contribution is 6.06. The van der Waals surface area contributed by atoms with E-state index >= 15 is 0 Å². The zero-order chi connectivity index (χ0) is 19.3. The number of carbonyl (C=O) groups excluding carboxylic acids is 1. The van der Waals surface area contributed by atoms with Crippen molar-refractivity contribution < 1.29 is 14.1 Å². The molecule has 0 radical (unpaired) electrons. The molecule has 4 rings (SSSR count). The van der Waals surface area contributed by atoms with E-state index in [9.17, 15) is 4.79 Å². The molecule has 0 unspecified atom stereocenters. The third-order valence-electron chi connectivity index (χ3n) is 4.12. The number of anilines is 1. The molecule has 0 bridgehead atoms. The van der Waals surface area contributed by atoms with Crippen molar-refractivity contribution in [3.63, 3.8) is 0 Å². The van der Waals surface area contributed by atoms with Gasteiger partial charge in [-0.15, -0.1) is 0 Å². The monoisotopic (exact) mass is 372 g/mol. The lowest BCUT2D eigenvalue weighted by molar-refractivity contribution is 0.102. The summed E-state index contributed by atoms with van der Waals surface area (Å²) in [5.41, 5.74) is 2.52. The normalized spacial score (nSPS) is 10.5. The lowest BCUT2D eigenvalue weighted by Crippen LogP contribution is -2.12. The number of carbonyl (C=O) groups is 1. The van der Waals surface area contributed by atoms with Gasteiger partial charge in [-0.3, -0.25) is 9.78 Å². The van der Waals surface area contributed by atoms with Crippen molar-refractivity contribution in [1.29, 1.82) is 0 Å². The van der Waals surface area contributed by atoms with Crippen LogP contribution in [-0.2, 0) is 0 Å². The van der Waals surface area contributed by atoms with Crippen molar-refractivity contribution >= 4 is 11.6 Å². The highest BCUT2D eigenvalue weighted by Gasteiger charge is 2.16. The highest BCUT2D eigenvalue weighted by Crippen LogP contribution is 2.28. The fourth-order valence-corrected chi connectivity index (χ4v) is 2.67. The van der Waals surface area contributed by atoms with Crippen LogP contribution in [-0.4, -0.2) is 28.1 Å². The molecular formula is C21H16N4O3. The Morgan fingerprint density at radius 3 is 2.50 bits per heavy atom. The number of nitrogens with one attached hydrogen (secondary N) is 1. The van der Waals surface area contributed by atoms with Crippen molar-refractivity contribution in [2.75, 3.05) is 12.4 Å². The average Bonchev–Trinajstić information content (AvgIpc) is 3.25. The van der Waals surface area contributed by atoms with Crippen LogP contribution in [0.2, 0.25) is 0 Å². The fraction of sp³-hybridized carbons (Fsp3) is 0.0476. The molecule has 0 fully saturated rings. The van der Waals surface area contributed by atoms with Gasteiger partial charge in [-0.25, -0.2) is 0 Å². The second-order valence-electron chi connectivity index (χ2n) is 5.89. The summed E-state index contributed by atoms with van der Waals surface area (Å²) in [5.74, 6) is 1.21. The van der Waals surface area contributed by atoms with Crippen LogP contribution >= 0.6 is 0 Å². The Labute approximate surface area is 161 Å². The summed E-state index contributed by atoms with van der Waals surface area (Å²) in [4.78, 5) is 21.0. The summed E-state index contributed by atoms with van der Waals surface area (Å²) >= 11 is 0. The lowest BCUT2D eigenvalue weighted by atomic mass is 10.1. The number of benzene rings is 2. The molecular weight excluding hydrogens is 356 g/mol. The molecule has 0 aliphatic rings. The van der Waals surface area contributed by atoms with Crippen molar-refractivity contribution in [2.24, 2.45) is 0 Å². The maximum Gasteiger partial charge on any atom is 0.260 e. The van der Waals surface area contributed by atoms with Crippen molar-refractivity contribution in [3.05, 3.63) is 78.6 Å². The third kappa shape index (κ3) is 3.59. The van der Waals surface area contributed by atoms with Crippen LogP contribution in [0, 0.1) is 0 Å². The predicted octanol–water partition coefficient (Wildman–Crippen LogP) is 4.06. The Morgan fingerprint density at radius 2 is 1.75 bits per heavy atom. The van der Waals surface area contributed by atoms with E-state index in [4.69, 9.17) is 9.26 Å². The summed E-state index contributed by atoms with van der Waals surface area (Å²) in [7, 11) is 1.58. The van der Waals surface area contributed by atoms with Crippen LogP contribution < -0.4 is 10.1 Å². The van der Waals surface area contributed by atoms with E-state index in [0.29, 0.717) is 34.3 Å². The summed E-state index contributed by atoms with van der Waals surface area (Å²) in [5, 5.41) is 6.91. The maximum atomic E-state index is 12.6. The minimum absolute atomic E-state index is 0.246. The number of hydrogen-bond acceptors (Lipinski definition) is 6. The number of amides is 1. The molecule has 0 atom stereocenters. The smallest absolute Gasteiger partial charge is 0.260 e. The molecule has 0 saturated heterocycles. The Kier molecular flexibility index (Phi) is 4.79. The van der Waals surface area contributed by atoms with Gasteiger partial charge in [0.05, 0.1) is 18.4 Å². The molecule has 1 N–H and O–H groups in total. The van der Waals surface area contributed by atoms with E-state index < -0.39 is 0 Å². The van der Waals surface area contributed by atoms with Crippen molar-refractivity contribution in [3.8, 4) is 28.6 Å². The zero-order valence-corrected chi connectivity index (χ0v) is 15.0. The lowest BCUT2D eigenvalue weighted by Gasteiger charge is -2.09. The second-order valence-corrected chi connectivity index (χ2v) is 5.89. The minimum Gasteiger partial charge on any atom is -0.497 e. The molecule has 0 aliphatic carbocycles. The van der Waals surface area contributed by atoms with E-state index in [-0.39, 0.29) is 5.91 Å². The van der Waals surface area contributed by atoms with Gasteiger partial charge in [-0.2, -0.15) is 4.98 Å².